The third kappa shape index (κ3) is 3.68. The van der Waals surface area contributed by atoms with Crippen LogP contribution in [-0.4, -0.2) is 66.8 Å². The summed E-state index contributed by atoms with van der Waals surface area (Å²) in [5.74, 6) is -0.551. The van der Waals surface area contributed by atoms with Crippen molar-refractivity contribution < 1.29 is 9.72 Å². The van der Waals surface area contributed by atoms with Gasteiger partial charge in [-0.1, -0.05) is 5.10 Å². The fourth-order valence-corrected chi connectivity index (χ4v) is 2.90. The lowest BCUT2D eigenvalue weighted by Gasteiger charge is -2.34. The molecule has 1 aliphatic heterocycles. The maximum Gasteiger partial charge on any atom is 0.343 e. The quantitative estimate of drug-likeness (QED) is 0.632. The number of aromatic amines is 1. The predicted octanol–water partition coefficient (Wildman–Crippen LogP) is 0.801. The number of nitrogens with zero attached hydrogens (tertiary/aromatic N) is 6. The topological polar surface area (TPSA) is 113 Å². The fraction of sp³-hybridized carbons (Fsp3) is 0.533. The molecule has 0 saturated carbocycles. The molecule has 0 aromatic carbocycles. The molecule has 1 amide bonds. The van der Waals surface area contributed by atoms with E-state index in [1.54, 1.807) is 4.90 Å². The van der Waals surface area contributed by atoms with Crippen molar-refractivity contribution in [1.29, 1.82) is 0 Å². The molecule has 10 nitrogen and oxygen atoms in total. The molecule has 0 unspecified atom stereocenters. The zero-order chi connectivity index (χ0) is 18.0. The van der Waals surface area contributed by atoms with Crippen LogP contribution in [-0.2, 0) is 13.1 Å². The van der Waals surface area contributed by atoms with Crippen LogP contribution in [0.5, 0.6) is 0 Å². The summed E-state index contributed by atoms with van der Waals surface area (Å²) < 4.78 is 1.93. The normalized spacial score (nSPS) is 15.5. The van der Waals surface area contributed by atoms with Crippen LogP contribution in [0.15, 0.2) is 12.3 Å². The van der Waals surface area contributed by atoms with Gasteiger partial charge < -0.3 is 15.0 Å². The molecule has 25 heavy (non-hydrogen) atoms. The molecule has 0 radical (unpaired) electrons. The van der Waals surface area contributed by atoms with Crippen LogP contribution in [0.1, 0.15) is 28.7 Å². The van der Waals surface area contributed by atoms with E-state index in [1.165, 1.54) is 11.6 Å². The Morgan fingerprint density at radius 1 is 1.36 bits per heavy atom. The fourth-order valence-electron chi connectivity index (χ4n) is 2.90. The number of H-pyrrole nitrogens is 1. The molecule has 0 spiro atoms. The Hall–Kier alpha value is -2.75. The van der Waals surface area contributed by atoms with Gasteiger partial charge in [0.1, 0.15) is 0 Å². The van der Waals surface area contributed by atoms with E-state index in [0.717, 1.165) is 31.9 Å². The summed E-state index contributed by atoms with van der Waals surface area (Å²) in [4.78, 5) is 26.4. The van der Waals surface area contributed by atoms with Gasteiger partial charge in [0.25, 0.3) is 5.91 Å². The van der Waals surface area contributed by atoms with Gasteiger partial charge in [-0.2, -0.15) is 5.10 Å². The first-order valence-electron chi connectivity index (χ1n) is 8.22. The molecule has 10 heteroatoms. The number of hydrogen-bond acceptors (Lipinski definition) is 6. The molecule has 2 aromatic rings. The predicted molar refractivity (Wildman–Crippen MR) is 89.1 cm³/mol. The van der Waals surface area contributed by atoms with Gasteiger partial charge in [-0.15, -0.1) is 5.10 Å². The summed E-state index contributed by atoms with van der Waals surface area (Å²) in [7, 11) is 0. The highest BCUT2D eigenvalue weighted by atomic mass is 16.6. The van der Waals surface area contributed by atoms with Gasteiger partial charge in [0.2, 0.25) is 0 Å². The van der Waals surface area contributed by atoms with Crippen LogP contribution in [0, 0.1) is 17.0 Å². The average molecular weight is 347 g/mol. The third-order valence-electron chi connectivity index (χ3n) is 4.41. The molecule has 0 bridgehead atoms. The average Bonchev–Trinajstić information content (AvgIpc) is 3.22. The Balaban J connectivity index is 1.56. The highest BCUT2D eigenvalue weighted by Gasteiger charge is 2.26. The minimum Gasteiger partial charge on any atom is -0.358 e. The van der Waals surface area contributed by atoms with E-state index >= 15 is 0 Å². The molecular weight excluding hydrogens is 326 g/mol. The second-order valence-corrected chi connectivity index (χ2v) is 6.06. The third-order valence-corrected chi connectivity index (χ3v) is 4.41. The van der Waals surface area contributed by atoms with Crippen molar-refractivity contribution in [1.82, 2.24) is 29.8 Å². The van der Waals surface area contributed by atoms with E-state index in [0.29, 0.717) is 13.1 Å². The minimum absolute atomic E-state index is 0.0835. The van der Waals surface area contributed by atoms with Crippen LogP contribution in [0.25, 0.3) is 0 Å². The standard InChI is InChI=1S/C15H21N7O3/c1-3-21-10-12(11(2)18-21)9-19-4-6-20(7-5-19)15(23)13-8-14(17-16-13)22(24)25/h8,10H,3-7,9H2,1-2H3,(H,16,17). The van der Waals surface area contributed by atoms with Crippen LogP contribution < -0.4 is 0 Å². The van der Waals surface area contributed by atoms with Gasteiger partial charge >= 0.3 is 5.82 Å². The Labute approximate surface area is 144 Å². The number of piperazine rings is 1. The lowest BCUT2D eigenvalue weighted by atomic mass is 10.2. The van der Waals surface area contributed by atoms with Crippen molar-refractivity contribution in [3.05, 3.63) is 39.3 Å². The summed E-state index contributed by atoms with van der Waals surface area (Å²) in [6.45, 7) is 8.34. The molecule has 3 rings (SSSR count). The van der Waals surface area contributed by atoms with Crippen LogP contribution >= 0.6 is 0 Å². The number of nitro groups is 1. The van der Waals surface area contributed by atoms with Gasteiger partial charge in [0.05, 0.1) is 11.8 Å². The Kier molecular flexibility index (Phi) is 4.79. The zero-order valence-corrected chi connectivity index (χ0v) is 14.3. The van der Waals surface area contributed by atoms with Crippen molar-refractivity contribution >= 4 is 11.7 Å². The maximum absolute atomic E-state index is 12.4. The summed E-state index contributed by atoms with van der Waals surface area (Å²) in [6, 6.07) is 1.18. The first-order valence-corrected chi connectivity index (χ1v) is 8.22. The first-order chi connectivity index (χ1) is 12.0. The van der Waals surface area contributed by atoms with Crippen LogP contribution in [0.2, 0.25) is 0 Å². The lowest BCUT2D eigenvalue weighted by molar-refractivity contribution is -0.389. The minimum atomic E-state index is -0.597. The number of aryl methyl sites for hydroxylation is 2. The molecule has 0 atom stereocenters. The molecule has 2 aromatic heterocycles. The molecule has 1 saturated heterocycles. The molecule has 1 fully saturated rings. The van der Waals surface area contributed by atoms with E-state index in [2.05, 4.69) is 33.3 Å². The van der Waals surface area contributed by atoms with Gasteiger partial charge in [-0.05, 0) is 18.8 Å². The van der Waals surface area contributed by atoms with Crippen molar-refractivity contribution in [3.63, 3.8) is 0 Å². The number of carbonyl (C=O) groups excluding carboxylic acids is 1. The number of rotatable bonds is 5. The molecule has 3 heterocycles. The van der Waals surface area contributed by atoms with Crippen LogP contribution in [0.3, 0.4) is 0 Å². The van der Waals surface area contributed by atoms with E-state index in [1.807, 2.05) is 11.6 Å². The molecule has 0 aliphatic carbocycles. The lowest BCUT2D eigenvalue weighted by Crippen LogP contribution is -2.48. The van der Waals surface area contributed by atoms with Gasteiger partial charge in [0.15, 0.2) is 5.69 Å². The van der Waals surface area contributed by atoms with E-state index in [4.69, 9.17) is 0 Å². The number of carbonyl (C=O) groups is 1. The van der Waals surface area contributed by atoms with Crippen molar-refractivity contribution in [3.8, 4) is 0 Å². The van der Waals surface area contributed by atoms with Gasteiger partial charge in [0, 0.05) is 51.0 Å². The number of aromatic nitrogens is 4. The number of nitrogens with one attached hydrogen (secondary N) is 1. The molecule has 134 valence electrons. The second kappa shape index (κ2) is 7.01. The van der Waals surface area contributed by atoms with E-state index in [-0.39, 0.29) is 17.4 Å². The highest BCUT2D eigenvalue weighted by Crippen LogP contribution is 2.15. The largest absolute Gasteiger partial charge is 0.358 e. The van der Waals surface area contributed by atoms with E-state index < -0.39 is 4.92 Å². The molecular formula is C15H21N7O3. The summed E-state index contributed by atoms with van der Waals surface area (Å²) in [5.41, 5.74) is 2.31. The molecule has 1 N–H and O–H groups in total. The van der Waals surface area contributed by atoms with Gasteiger partial charge in [-0.3, -0.25) is 14.4 Å². The van der Waals surface area contributed by atoms with Gasteiger partial charge in [-0.25, -0.2) is 0 Å². The number of amides is 1. The number of hydrogen-bond donors (Lipinski definition) is 1. The summed E-state index contributed by atoms with van der Waals surface area (Å²) in [6.07, 6.45) is 2.07. The van der Waals surface area contributed by atoms with Crippen LogP contribution in [0.4, 0.5) is 5.82 Å². The summed E-state index contributed by atoms with van der Waals surface area (Å²) >= 11 is 0. The smallest absolute Gasteiger partial charge is 0.343 e. The SMILES string of the molecule is CCn1cc(CN2CCN(C(=O)c3cc([N+](=O)[O-])[nH]n3)CC2)c(C)n1. The van der Waals surface area contributed by atoms with E-state index in [9.17, 15) is 14.9 Å². The summed E-state index contributed by atoms with van der Waals surface area (Å²) in [5, 5.41) is 21.1. The van der Waals surface area contributed by atoms with Crippen molar-refractivity contribution in [2.45, 2.75) is 26.9 Å². The monoisotopic (exact) mass is 347 g/mol. The van der Waals surface area contributed by atoms with Crippen molar-refractivity contribution in [2.24, 2.45) is 0 Å². The Bertz CT molecular complexity index is 774. The Morgan fingerprint density at radius 3 is 2.64 bits per heavy atom. The Morgan fingerprint density at radius 2 is 2.08 bits per heavy atom. The first kappa shape index (κ1) is 17.1. The van der Waals surface area contributed by atoms with Crippen molar-refractivity contribution in [2.75, 3.05) is 26.2 Å². The molecule has 1 aliphatic rings. The maximum atomic E-state index is 12.4. The zero-order valence-electron chi connectivity index (χ0n) is 14.3. The highest BCUT2D eigenvalue weighted by molar-refractivity contribution is 5.92. The second-order valence-electron chi connectivity index (χ2n) is 6.06.